The monoisotopic (exact) mass is 264 g/mol. The summed E-state index contributed by atoms with van der Waals surface area (Å²) in [5.41, 5.74) is 3.73. The summed E-state index contributed by atoms with van der Waals surface area (Å²) >= 11 is 1.64. The van der Waals surface area contributed by atoms with Crippen molar-refractivity contribution in [2.75, 3.05) is 7.11 Å². The summed E-state index contributed by atoms with van der Waals surface area (Å²) in [6.45, 7) is 3.35. The van der Waals surface area contributed by atoms with Gasteiger partial charge in [0.1, 0.15) is 0 Å². The number of nitrogens with zero attached hydrogens (tertiary/aromatic N) is 1. The molecule has 0 bridgehead atoms. The van der Waals surface area contributed by atoms with Crippen molar-refractivity contribution in [2.24, 2.45) is 0 Å². The maximum absolute atomic E-state index is 9.93. The molecule has 0 spiro atoms. The van der Waals surface area contributed by atoms with Crippen molar-refractivity contribution in [1.29, 1.82) is 0 Å². The maximum atomic E-state index is 9.93. The van der Waals surface area contributed by atoms with Gasteiger partial charge in [-0.2, -0.15) is 0 Å². The van der Waals surface area contributed by atoms with Crippen molar-refractivity contribution >= 4 is 11.3 Å². The van der Waals surface area contributed by atoms with Crippen LogP contribution in [0.1, 0.15) is 16.1 Å². The molecule has 2 rings (SSSR count). The van der Waals surface area contributed by atoms with Crippen LogP contribution in [0.3, 0.4) is 0 Å². The molecule has 0 unspecified atom stereocenters. The van der Waals surface area contributed by atoms with Crippen molar-refractivity contribution in [3.8, 4) is 11.5 Å². The molecule has 0 saturated carbocycles. The lowest BCUT2D eigenvalue weighted by Crippen LogP contribution is -2.12. The van der Waals surface area contributed by atoms with Gasteiger partial charge >= 0.3 is 0 Å². The highest BCUT2D eigenvalue weighted by Crippen LogP contribution is 2.29. The van der Waals surface area contributed by atoms with Gasteiger partial charge in [0.05, 0.1) is 18.3 Å². The zero-order chi connectivity index (χ0) is 13.0. The average molecular weight is 264 g/mol. The number of phenolic OH excluding ortho intramolecular Hbond substituents is 1. The number of ether oxygens (including phenoxy) is 1. The fraction of sp³-hybridized carbons (Fsp3) is 0.308. The second-order valence-corrected chi connectivity index (χ2v) is 4.87. The normalized spacial score (nSPS) is 10.6. The van der Waals surface area contributed by atoms with Crippen LogP contribution in [0.2, 0.25) is 0 Å². The number of benzene rings is 1. The maximum Gasteiger partial charge on any atom is 0.162 e. The number of para-hydroxylation sites is 1. The molecule has 1 heterocycles. The molecule has 96 valence electrons. The molecule has 0 aliphatic carbocycles. The SMILES string of the molecule is COc1cccc(CNCc2scnc2C)c1O. The Hall–Kier alpha value is -1.59. The Morgan fingerprint density at radius 1 is 1.39 bits per heavy atom. The van der Waals surface area contributed by atoms with Crippen LogP contribution in [-0.4, -0.2) is 17.2 Å². The molecule has 5 heteroatoms. The molecule has 0 saturated heterocycles. The van der Waals surface area contributed by atoms with E-state index in [1.54, 1.807) is 24.5 Å². The highest BCUT2D eigenvalue weighted by molar-refractivity contribution is 7.09. The fourth-order valence-electron chi connectivity index (χ4n) is 1.68. The third-order valence-corrected chi connectivity index (χ3v) is 3.68. The van der Waals surface area contributed by atoms with Gasteiger partial charge in [-0.05, 0) is 13.0 Å². The van der Waals surface area contributed by atoms with Gasteiger partial charge in [0.15, 0.2) is 11.5 Å². The molecule has 0 aliphatic rings. The zero-order valence-electron chi connectivity index (χ0n) is 10.4. The molecule has 0 fully saturated rings. The van der Waals surface area contributed by atoms with E-state index in [0.717, 1.165) is 17.8 Å². The Bertz CT molecular complexity index is 525. The van der Waals surface area contributed by atoms with Gasteiger partial charge in [-0.15, -0.1) is 11.3 Å². The molecule has 0 atom stereocenters. The Morgan fingerprint density at radius 3 is 2.89 bits per heavy atom. The highest BCUT2D eigenvalue weighted by atomic mass is 32.1. The lowest BCUT2D eigenvalue weighted by atomic mass is 10.2. The molecular formula is C13H16N2O2S. The van der Waals surface area contributed by atoms with Gasteiger partial charge in [-0.1, -0.05) is 12.1 Å². The number of thiazole rings is 1. The number of aromatic nitrogens is 1. The zero-order valence-corrected chi connectivity index (χ0v) is 11.3. The van der Waals surface area contributed by atoms with Gasteiger partial charge in [-0.25, -0.2) is 4.98 Å². The number of aryl methyl sites for hydroxylation is 1. The minimum Gasteiger partial charge on any atom is -0.504 e. The van der Waals surface area contributed by atoms with Gasteiger partial charge in [0.25, 0.3) is 0 Å². The summed E-state index contributed by atoms with van der Waals surface area (Å²) in [5.74, 6) is 0.705. The van der Waals surface area contributed by atoms with Crippen LogP contribution in [0, 0.1) is 6.92 Å². The van der Waals surface area contributed by atoms with E-state index in [-0.39, 0.29) is 5.75 Å². The average Bonchev–Trinajstić information content (AvgIpc) is 2.77. The highest BCUT2D eigenvalue weighted by Gasteiger charge is 2.07. The molecule has 0 aliphatic heterocycles. The molecule has 4 nitrogen and oxygen atoms in total. The van der Waals surface area contributed by atoms with Crippen LogP contribution >= 0.6 is 11.3 Å². The first kappa shape index (κ1) is 12.9. The van der Waals surface area contributed by atoms with E-state index < -0.39 is 0 Å². The van der Waals surface area contributed by atoms with E-state index in [1.807, 2.05) is 24.6 Å². The number of aromatic hydroxyl groups is 1. The third-order valence-electron chi connectivity index (χ3n) is 2.75. The molecule has 0 radical (unpaired) electrons. The number of methoxy groups -OCH3 is 1. The first-order valence-corrected chi connectivity index (χ1v) is 6.55. The number of rotatable bonds is 5. The molecule has 2 aromatic rings. The van der Waals surface area contributed by atoms with E-state index in [0.29, 0.717) is 12.3 Å². The topological polar surface area (TPSA) is 54.4 Å². The number of nitrogens with one attached hydrogen (secondary N) is 1. The Labute approximate surface area is 110 Å². The summed E-state index contributed by atoms with van der Waals surface area (Å²) in [4.78, 5) is 5.42. The summed E-state index contributed by atoms with van der Waals surface area (Å²) in [6.07, 6.45) is 0. The van der Waals surface area contributed by atoms with Crippen LogP contribution < -0.4 is 10.1 Å². The summed E-state index contributed by atoms with van der Waals surface area (Å²) in [6, 6.07) is 5.49. The number of phenols is 1. The van der Waals surface area contributed by atoms with Crippen LogP contribution in [0.25, 0.3) is 0 Å². The van der Waals surface area contributed by atoms with Crippen LogP contribution in [-0.2, 0) is 13.1 Å². The van der Waals surface area contributed by atoms with E-state index >= 15 is 0 Å². The van der Waals surface area contributed by atoms with E-state index in [4.69, 9.17) is 4.74 Å². The lowest BCUT2D eigenvalue weighted by molar-refractivity contribution is 0.369. The van der Waals surface area contributed by atoms with Gasteiger partial charge in [0, 0.05) is 23.5 Å². The second kappa shape index (κ2) is 5.84. The first-order valence-electron chi connectivity index (χ1n) is 5.67. The van der Waals surface area contributed by atoms with Crippen molar-refractivity contribution in [2.45, 2.75) is 20.0 Å². The number of hydrogen-bond donors (Lipinski definition) is 2. The summed E-state index contributed by atoms with van der Waals surface area (Å²) in [5, 5.41) is 13.2. The minimum absolute atomic E-state index is 0.202. The molecule has 1 aromatic heterocycles. The van der Waals surface area contributed by atoms with Gasteiger partial charge in [-0.3, -0.25) is 0 Å². The minimum atomic E-state index is 0.202. The lowest BCUT2D eigenvalue weighted by Gasteiger charge is -2.09. The van der Waals surface area contributed by atoms with Crippen molar-refractivity contribution in [1.82, 2.24) is 10.3 Å². The Kier molecular flexibility index (Phi) is 4.17. The summed E-state index contributed by atoms with van der Waals surface area (Å²) in [7, 11) is 1.55. The Morgan fingerprint density at radius 2 is 2.22 bits per heavy atom. The molecule has 18 heavy (non-hydrogen) atoms. The molecular weight excluding hydrogens is 248 g/mol. The second-order valence-electron chi connectivity index (χ2n) is 3.93. The smallest absolute Gasteiger partial charge is 0.162 e. The Balaban J connectivity index is 1.96. The first-order chi connectivity index (χ1) is 8.72. The van der Waals surface area contributed by atoms with Crippen molar-refractivity contribution < 1.29 is 9.84 Å². The number of hydrogen-bond acceptors (Lipinski definition) is 5. The predicted octanol–water partition coefficient (Wildman–Crippen LogP) is 2.46. The fourth-order valence-corrected chi connectivity index (χ4v) is 2.43. The van der Waals surface area contributed by atoms with Gasteiger partial charge < -0.3 is 15.2 Å². The molecule has 1 aromatic carbocycles. The van der Waals surface area contributed by atoms with Crippen LogP contribution in [0.5, 0.6) is 11.5 Å². The molecule has 0 amide bonds. The van der Waals surface area contributed by atoms with E-state index in [9.17, 15) is 5.11 Å². The largest absolute Gasteiger partial charge is 0.504 e. The third kappa shape index (κ3) is 2.80. The quantitative estimate of drug-likeness (QED) is 0.871. The van der Waals surface area contributed by atoms with Crippen LogP contribution in [0.15, 0.2) is 23.7 Å². The van der Waals surface area contributed by atoms with Gasteiger partial charge in [0.2, 0.25) is 0 Å². The standard InChI is InChI=1S/C13H16N2O2S/c1-9-12(18-8-15-9)7-14-6-10-4-3-5-11(17-2)13(10)16/h3-5,8,14,16H,6-7H2,1-2H3. The van der Waals surface area contributed by atoms with E-state index in [1.165, 1.54) is 4.88 Å². The van der Waals surface area contributed by atoms with Crippen molar-refractivity contribution in [3.63, 3.8) is 0 Å². The van der Waals surface area contributed by atoms with E-state index in [2.05, 4.69) is 10.3 Å². The van der Waals surface area contributed by atoms with Crippen molar-refractivity contribution in [3.05, 3.63) is 39.8 Å². The molecule has 2 N–H and O–H groups in total. The van der Waals surface area contributed by atoms with Crippen LogP contribution in [0.4, 0.5) is 0 Å². The predicted molar refractivity (Wildman–Crippen MR) is 72.1 cm³/mol. The summed E-state index contributed by atoms with van der Waals surface area (Å²) < 4.78 is 5.07.